The smallest absolute Gasteiger partial charge is 0.338 e. The van der Waals surface area contributed by atoms with Crippen molar-refractivity contribution in [2.24, 2.45) is 4.99 Å². The van der Waals surface area contributed by atoms with E-state index in [0.29, 0.717) is 38.7 Å². The maximum absolute atomic E-state index is 14.3. The van der Waals surface area contributed by atoms with Crippen LogP contribution in [-0.2, 0) is 9.53 Å². The molecule has 6 rings (SSSR count). The minimum atomic E-state index is -0.726. The van der Waals surface area contributed by atoms with E-state index in [4.69, 9.17) is 24.3 Å². The number of carbonyl (C=O) groups excluding carboxylic acids is 1. The van der Waals surface area contributed by atoms with Crippen LogP contribution >= 0.6 is 11.3 Å². The van der Waals surface area contributed by atoms with E-state index in [-0.39, 0.29) is 12.2 Å². The number of fused-ring (bicyclic) bond motifs is 1. The van der Waals surface area contributed by atoms with Crippen LogP contribution in [0.3, 0.4) is 0 Å². The zero-order chi connectivity index (χ0) is 33.1. The molecule has 0 fully saturated rings. The molecule has 0 saturated heterocycles. The zero-order valence-corrected chi connectivity index (χ0v) is 27.4. The minimum Gasteiger partial charge on any atom is -0.497 e. The SMILES string of the molecule is C=CCOc1ccc(-c2nn(-c3ccccc3)cc2/C=c2/sc3n(c2=O)[C@@H](c2ccc(OC)cc2)C(C(=O)OCC)=C(C)N=3)cc1C. The van der Waals surface area contributed by atoms with Crippen molar-refractivity contribution in [2.75, 3.05) is 20.3 Å². The molecule has 10 heteroatoms. The number of hydrogen-bond acceptors (Lipinski definition) is 8. The quantitative estimate of drug-likeness (QED) is 0.146. The van der Waals surface area contributed by atoms with Gasteiger partial charge in [0.15, 0.2) is 4.80 Å². The van der Waals surface area contributed by atoms with Crippen molar-refractivity contribution in [2.45, 2.75) is 26.8 Å². The number of allylic oxidation sites excluding steroid dienone is 1. The van der Waals surface area contributed by atoms with E-state index in [0.717, 1.165) is 33.7 Å². The maximum atomic E-state index is 14.3. The van der Waals surface area contributed by atoms with Crippen LogP contribution in [-0.4, -0.2) is 40.6 Å². The van der Waals surface area contributed by atoms with Crippen molar-refractivity contribution in [3.8, 4) is 28.4 Å². The Morgan fingerprint density at radius 2 is 1.83 bits per heavy atom. The third-order valence-corrected chi connectivity index (χ3v) is 8.79. The summed E-state index contributed by atoms with van der Waals surface area (Å²) >= 11 is 1.27. The highest BCUT2D eigenvalue weighted by molar-refractivity contribution is 7.07. The number of benzene rings is 3. The molecule has 9 nitrogen and oxygen atoms in total. The molecule has 1 aliphatic heterocycles. The number of para-hydroxylation sites is 1. The molecule has 5 aromatic rings. The summed E-state index contributed by atoms with van der Waals surface area (Å²) in [6, 6.07) is 22.3. The van der Waals surface area contributed by atoms with Gasteiger partial charge in [0.05, 0.1) is 41.2 Å². The normalized spacial score (nSPS) is 14.4. The van der Waals surface area contributed by atoms with Gasteiger partial charge in [-0.05, 0) is 80.4 Å². The van der Waals surface area contributed by atoms with Crippen molar-refractivity contribution in [3.63, 3.8) is 0 Å². The van der Waals surface area contributed by atoms with Gasteiger partial charge in [0.25, 0.3) is 5.56 Å². The molecular formula is C37H34N4O5S. The molecule has 2 aromatic heterocycles. The molecule has 0 amide bonds. The Bertz CT molecular complexity index is 2180. The molecule has 0 unspecified atom stereocenters. The zero-order valence-electron chi connectivity index (χ0n) is 26.6. The van der Waals surface area contributed by atoms with Gasteiger partial charge in [-0.1, -0.05) is 54.3 Å². The lowest BCUT2D eigenvalue weighted by atomic mass is 9.96. The van der Waals surface area contributed by atoms with Gasteiger partial charge in [0.1, 0.15) is 23.8 Å². The lowest BCUT2D eigenvalue weighted by Gasteiger charge is -2.24. The monoisotopic (exact) mass is 646 g/mol. The number of hydrogen-bond donors (Lipinski definition) is 0. The summed E-state index contributed by atoms with van der Waals surface area (Å²) < 4.78 is 20.4. The van der Waals surface area contributed by atoms with Crippen molar-refractivity contribution < 1.29 is 19.0 Å². The molecule has 3 aromatic carbocycles. The van der Waals surface area contributed by atoms with Crippen LogP contribution in [0.25, 0.3) is 23.0 Å². The minimum absolute atomic E-state index is 0.199. The maximum Gasteiger partial charge on any atom is 0.338 e. The molecule has 47 heavy (non-hydrogen) atoms. The summed E-state index contributed by atoms with van der Waals surface area (Å²) in [5, 5.41) is 4.96. The predicted octanol–water partition coefficient (Wildman–Crippen LogP) is 5.53. The first kappa shape index (κ1) is 31.5. The van der Waals surface area contributed by atoms with Gasteiger partial charge in [-0.15, -0.1) is 0 Å². The number of thiazole rings is 1. The highest BCUT2D eigenvalue weighted by Gasteiger charge is 2.33. The Balaban J connectivity index is 1.53. The number of carbonyl (C=O) groups is 1. The Labute approximate surface area is 276 Å². The van der Waals surface area contributed by atoms with Crippen molar-refractivity contribution >= 4 is 23.4 Å². The first-order valence-corrected chi connectivity index (χ1v) is 16.0. The molecule has 0 aliphatic carbocycles. The summed E-state index contributed by atoms with van der Waals surface area (Å²) in [6.07, 6.45) is 5.47. The van der Waals surface area contributed by atoms with Crippen LogP contribution in [0.5, 0.6) is 11.5 Å². The molecule has 1 aliphatic rings. The van der Waals surface area contributed by atoms with Crippen LogP contribution in [0.1, 0.15) is 36.6 Å². The second-order valence-corrected chi connectivity index (χ2v) is 11.9. The van der Waals surface area contributed by atoms with E-state index >= 15 is 0 Å². The van der Waals surface area contributed by atoms with Crippen molar-refractivity contribution in [1.29, 1.82) is 0 Å². The Hall–Kier alpha value is -5.48. The van der Waals surface area contributed by atoms with Gasteiger partial charge < -0.3 is 14.2 Å². The average molecular weight is 647 g/mol. The van der Waals surface area contributed by atoms with Gasteiger partial charge in [0.2, 0.25) is 0 Å². The molecule has 1 atom stereocenters. The lowest BCUT2D eigenvalue weighted by Crippen LogP contribution is -2.39. The molecule has 0 N–H and O–H groups in total. The van der Waals surface area contributed by atoms with E-state index in [9.17, 15) is 9.59 Å². The number of ether oxygens (including phenoxy) is 3. The Kier molecular flexibility index (Phi) is 9.03. The van der Waals surface area contributed by atoms with Gasteiger partial charge in [-0.2, -0.15) is 5.10 Å². The van der Waals surface area contributed by atoms with Crippen molar-refractivity contribution in [3.05, 3.63) is 139 Å². The number of nitrogens with zero attached hydrogens (tertiary/aromatic N) is 4. The molecule has 0 radical (unpaired) electrons. The highest BCUT2D eigenvalue weighted by Crippen LogP contribution is 2.32. The Morgan fingerprint density at radius 3 is 2.51 bits per heavy atom. The fourth-order valence-corrected chi connectivity index (χ4v) is 6.61. The van der Waals surface area contributed by atoms with E-state index in [2.05, 4.69) is 6.58 Å². The standard InChI is InChI=1S/C37H34N4O5S/c1-6-19-46-30-18-15-26(20-23(30)3)33-27(22-40(39-33)28-11-9-8-10-12-28)21-31-35(42)41-34(25-13-16-29(44-5)17-14-25)32(36(43)45-7-2)24(4)38-37(41)47-31/h6,8-18,20-22,34H,1,7,19H2,2-5H3/b31-21+/t34-/m0/s1. The van der Waals surface area contributed by atoms with E-state index in [1.165, 1.54) is 11.3 Å². The fraction of sp³-hybridized carbons (Fsp3) is 0.189. The molecule has 3 heterocycles. The highest BCUT2D eigenvalue weighted by atomic mass is 32.1. The van der Waals surface area contributed by atoms with Crippen molar-refractivity contribution in [1.82, 2.24) is 14.3 Å². The largest absolute Gasteiger partial charge is 0.497 e. The van der Waals surface area contributed by atoms with Gasteiger partial charge in [0, 0.05) is 17.3 Å². The summed E-state index contributed by atoms with van der Waals surface area (Å²) in [5.74, 6) is 0.918. The third kappa shape index (κ3) is 6.19. The summed E-state index contributed by atoms with van der Waals surface area (Å²) in [5.41, 5.74) is 5.45. The summed E-state index contributed by atoms with van der Waals surface area (Å²) in [7, 11) is 1.59. The number of aromatic nitrogens is 3. The van der Waals surface area contributed by atoms with Gasteiger partial charge in [-0.25, -0.2) is 14.5 Å². The average Bonchev–Trinajstić information content (AvgIpc) is 3.64. The molecule has 0 bridgehead atoms. The summed E-state index contributed by atoms with van der Waals surface area (Å²) in [6.45, 7) is 9.84. The molecule has 238 valence electrons. The van der Waals surface area contributed by atoms with E-state index in [1.807, 2.05) is 92.0 Å². The van der Waals surface area contributed by atoms with E-state index in [1.54, 1.807) is 36.3 Å². The number of aryl methyl sites for hydroxylation is 1. The van der Waals surface area contributed by atoms with Crippen LogP contribution in [0.15, 0.2) is 113 Å². The number of esters is 1. The second kappa shape index (κ2) is 13.5. The van der Waals surface area contributed by atoms with E-state index < -0.39 is 12.0 Å². The van der Waals surface area contributed by atoms with Crippen LogP contribution < -0.4 is 24.4 Å². The predicted molar refractivity (Wildman–Crippen MR) is 183 cm³/mol. The Morgan fingerprint density at radius 1 is 1.06 bits per heavy atom. The van der Waals surface area contributed by atoms with Gasteiger partial charge in [-0.3, -0.25) is 9.36 Å². The first-order chi connectivity index (χ1) is 22.8. The topological polar surface area (TPSA) is 96.9 Å². The first-order valence-electron chi connectivity index (χ1n) is 15.2. The fourth-order valence-electron chi connectivity index (χ4n) is 5.57. The lowest BCUT2D eigenvalue weighted by molar-refractivity contribution is -0.139. The van der Waals surface area contributed by atoms with Crippen LogP contribution in [0.4, 0.5) is 0 Å². The summed E-state index contributed by atoms with van der Waals surface area (Å²) in [4.78, 5) is 32.8. The third-order valence-electron chi connectivity index (χ3n) is 7.80. The number of methoxy groups -OCH3 is 1. The van der Waals surface area contributed by atoms with Crippen LogP contribution in [0.2, 0.25) is 0 Å². The number of rotatable bonds is 10. The van der Waals surface area contributed by atoms with Gasteiger partial charge >= 0.3 is 5.97 Å². The second-order valence-electron chi connectivity index (χ2n) is 10.9. The molecular weight excluding hydrogens is 612 g/mol. The molecule has 0 spiro atoms. The molecule has 0 saturated carbocycles. The van der Waals surface area contributed by atoms with Crippen LogP contribution in [0, 0.1) is 6.92 Å².